The number of rotatable bonds is 10. The topological polar surface area (TPSA) is 70.7 Å². The van der Waals surface area contributed by atoms with E-state index >= 15 is 0 Å². The Labute approximate surface area is 213 Å². The van der Waals surface area contributed by atoms with E-state index in [0.29, 0.717) is 23.8 Å². The minimum atomic E-state index is -0.159. The van der Waals surface area contributed by atoms with Crippen LogP contribution >= 0.6 is 0 Å². The number of anilines is 2. The maximum absolute atomic E-state index is 12.7. The lowest BCUT2D eigenvalue weighted by molar-refractivity contribution is -0.114. The average molecular weight is 486 g/mol. The van der Waals surface area contributed by atoms with Crippen LogP contribution in [0.1, 0.15) is 42.1 Å². The van der Waals surface area contributed by atoms with Gasteiger partial charge in [-0.05, 0) is 73.6 Å². The fraction of sp³-hybridized carbons (Fsp3) is 0.333. The monoisotopic (exact) mass is 485 g/mol. The Morgan fingerprint density at radius 3 is 2.42 bits per heavy atom. The molecule has 3 aromatic carbocycles. The molecule has 0 radical (unpaired) electrons. The first kappa shape index (κ1) is 25.3. The lowest BCUT2D eigenvalue weighted by atomic mass is 9.98. The highest BCUT2D eigenvalue weighted by atomic mass is 16.5. The zero-order valence-corrected chi connectivity index (χ0v) is 20.9. The number of amides is 2. The van der Waals surface area contributed by atoms with Crippen LogP contribution in [0.25, 0.3) is 0 Å². The number of carbonyl (C=O) groups is 2. The SMILES string of the molecule is CC1CCN(C(=O)c2ccc(NC(=O)CNc3cccc(OCCCc4ccccc4)c3)cc2)CC1. The van der Waals surface area contributed by atoms with Gasteiger partial charge in [0.2, 0.25) is 5.91 Å². The number of ether oxygens (including phenoxy) is 1. The van der Waals surface area contributed by atoms with Crippen LogP contribution in [0.2, 0.25) is 0 Å². The van der Waals surface area contributed by atoms with Crippen molar-refractivity contribution in [3.63, 3.8) is 0 Å². The fourth-order valence-electron chi connectivity index (χ4n) is 4.28. The van der Waals surface area contributed by atoms with E-state index in [9.17, 15) is 9.59 Å². The number of nitrogens with zero attached hydrogens (tertiary/aromatic N) is 1. The molecule has 6 heteroatoms. The van der Waals surface area contributed by atoms with Gasteiger partial charge in [-0.1, -0.05) is 43.3 Å². The highest BCUT2D eigenvalue weighted by Crippen LogP contribution is 2.20. The third-order valence-corrected chi connectivity index (χ3v) is 6.49. The molecule has 0 aromatic heterocycles. The van der Waals surface area contributed by atoms with Crippen LogP contribution in [0.15, 0.2) is 78.9 Å². The zero-order valence-electron chi connectivity index (χ0n) is 20.9. The van der Waals surface area contributed by atoms with Crippen molar-refractivity contribution < 1.29 is 14.3 Å². The molecule has 1 heterocycles. The second kappa shape index (κ2) is 12.8. The molecule has 2 N–H and O–H groups in total. The molecule has 1 saturated heterocycles. The smallest absolute Gasteiger partial charge is 0.253 e. The summed E-state index contributed by atoms with van der Waals surface area (Å²) in [5.41, 5.74) is 3.45. The maximum atomic E-state index is 12.7. The van der Waals surface area contributed by atoms with Crippen molar-refractivity contribution in [3.05, 3.63) is 90.0 Å². The van der Waals surface area contributed by atoms with Crippen molar-refractivity contribution in [1.82, 2.24) is 4.90 Å². The Hall–Kier alpha value is -3.80. The second-order valence-electron chi connectivity index (χ2n) is 9.42. The minimum absolute atomic E-state index is 0.0589. The van der Waals surface area contributed by atoms with Gasteiger partial charge in [0, 0.05) is 36.1 Å². The Kier molecular flexibility index (Phi) is 8.98. The van der Waals surface area contributed by atoms with Crippen molar-refractivity contribution >= 4 is 23.2 Å². The molecule has 0 bridgehead atoms. The summed E-state index contributed by atoms with van der Waals surface area (Å²) in [4.78, 5) is 27.0. The third-order valence-electron chi connectivity index (χ3n) is 6.49. The molecule has 0 unspecified atom stereocenters. The number of benzene rings is 3. The maximum Gasteiger partial charge on any atom is 0.253 e. The predicted molar refractivity (Wildman–Crippen MR) is 145 cm³/mol. The van der Waals surface area contributed by atoms with Gasteiger partial charge in [-0.2, -0.15) is 0 Å². The molecule has 6 nitrogen and oxygen atoms in total. The molecule has 0 aliphatic carbocycles. The van der Waals surface area contributed by atoms with E-state index < -0.39 is 0 Å². The number of piperidine rings is 1. The summed E-state index contributed by atoms with van der Waals surface area (Å²) >= 11 is 0. The molecule has 0 saturated carbocycles. The van der Waals surface area contributed by atoms with Crippen molar-refractivity contribution in [3.8, 4) is 5.75 Å². The normalized spacial score (nSPS) is 13.8. The van der Waals surface area contributed by atoms with Gasteiger partial charge in [-0.25, -0.2) is 0 Å². The van der Waals surface area contributed by atoms with E-state index in [1.165, 1.54) is 5.56 Å². The number of aryl methyl sites for hydroxylation is 1. The van der Waals surface area contributed by atoms with Crippen LogP contribution in [0, 0.1) is 5.92 Å². The lowest BCUT2D eigenvalue weighted by Gasteiger charge is -2.30. The number of likely N-dealkylation sites (tertiary alicyclic amines) is 1. The summed E-state index contributed by atoms with van der Waals surface area (Å²) in [6.45, 7) is 4.61. The van der Waals surface area contributed by atoms with Crippen LogP contribution < -0.4 is 15.4 Å². The zero-order chi connectivity index (χ0) is 25.2. The molecule has 1 aliphatic heterocycles. The molecule has 2 amide bonds. The van der Waals surface area contributed by atoms with Crippen LogP contribution in [-0.2, 0) is 11.2 Å². The van der Waals surface area contributed by atoms with Crippen molar-refractivity contribution in [1.29, 1.82) is 0 Å². The van der Waals surface area contributed by atoms with Gasteiger partial charge < -0.3 is 20.3 Å². The standard InChI is InChI=1S/C30H35N3O3/c1-23-16-18-33(19-17-23)30(35)25-12-14-26(15-13-25)32-29(34)22-31-27-10-5-11-28(21-27)36-20-6-9-24-7-3-2-4-8-24/h2-5,7-8,10-15,21,23,31H,6,9,16-20,22H2,1H3,(H,32,34). The molecule has 3 aromatic rings. The van der Waals surface area contributed by atoms with E-state index in [1.807, 2.05) is 47.4 Å². The van der Waals surface area contributed by atoms with Crippen LogP contribution in [0.4, 0.5) is 11.4 Å². The predicted octanol–water partition coefficient (Wildman–Crippen LogP) is 5.62. The Balaban J connectivity index is 1.19. The Bertz CT molecular complexity index is 1120. The summed E-state index contributed by atoms with van der Waals surface area (Å²) in [6, 6.07) is 25.1. The largest absolute Gasteiger partial charge is 0.494 e. The molecule has 36 heavy (non-hydrogen) atoms. The fourth-order valence-corrected chi connectivity index (χ4v) is 4.28. The van der Waals surface area contributed by atoms with Crippen molar-refractivity contribution in [2.75, 3.05) is 36.9 Å². The first-order valence-corrected chi connectivity index (χ1v) is 12.8. The summed E-state index contributed by atoms with van der Waals surface area (Å²) in [5, 5.41) is 6.02. The summed E-state index contributed by atoms with van der Waals surface area (Å²) in [5.74, 6) is 1.36. The first-order valence-electron chi connectivity index (χ1n) is 12.8. The lowest BCUT2D eigenvalue weighted by Crippen LogP contribution is -2.37. The first-order chi connectivity index (χ1) is 17.6. The van der Waals surface area contributed by atoms with Crippen LogP contribution in [0.5, 0.6) is 5.75 Å². The van der Waals surface area contributed by atoms with Gasteiger partial charge in [0.1, 0.15) is 5.75 Å². The highest BCUT2D eigenvalue weighted by molar-refractivity contribution is 5.96. The van der Waals surface area contributed by atoms with Gasteiger partial charge in [0.15, 0.2) is 0 Å². The van der Waals surface area contributed by atoms with Crippen molar-refractivity contribution in [2.45, 2.75) is 32.6 Å². The molecule has 188 valence electrons. The summed E-state index contributed by atoms with van der Waals surface area (Å²) in [7, 11) is 0. The van der Waals surface area contributed by atoms with Crippen LogP contribution in [-0.4, -0.2) is 43.0 Å². The third kappa shape index (κ3) is 7.60. The van der Waals surface area contributed by atoms with Gasteiger partial charge in [-0.3, -0.25) is 9.59 Å². The number of nitrogens with one attached hydrogen (secondary N) is 2. The number of carbonyl (C=O) groups excluding carboxylic acids is 2. The summed E-state index contributed by atoms with van der Waals surface area (Å²) < 4.78 is 5.88. The molecular weight excluding hydrogens is 450 g/mol. The van der Waals surface area contributed by atoms with Crippen LogP contribution in [0.3, 0.4) is 0 Å². The number of hydrogen-bond donors (Lipinski definition) is 2. The number of hydrogen-bond acceptors (Lipinski definition) is 4. The molecule has 4 rings (SSSR count). The van der Waals surface area contributed by atoms with Gasteiger partial charge in [0.25, 0.3) is 5.91 Å². The Morgan fingerprint density at radius 2 is 1.67 bits per heavy atom. The highest BCUT2D eigenvalue weighted by Gasteiger charge is 2.21. The molecular formula is C30H35N3O3. The van der Waals surface area contributed by atoms with Gasteiger partial charge in [0.05, 0.1) is 13.2 Å². The van der Waals surface area contributed by atoms with E-state index in [1.54, 1.807) is 24.3 Å². The molecule has 0 atom stereocenters. The van der Waals surface area contributed by atoms with Gasteiger partial charge >= 0.3 is 0 Å². The van der Waals surface area contributed by atoms with E-state index in [-0.39, 0.29) is 18.4 Å². The van der Waals surface area contributed by atoms with E-state index in [4.69, 9.17) is 4.74 Å². The van der Waals surface area contributed by atoms with E-state index in [2.05, 4.69) is 29.7 Å². The molecule has 0 spiro atoms. The second-order valence-corrected chi connectivity index (χ2v) is 9.42. The van der Waals surface area contributed by atoms with Gasteiger partial charge in [-0.15, -0.1) is 0 Å². The van der Waals surface area contributed by atoms with Crippen molar-refractivity contribution in [2.24, 2.45) is 5.92 Å². The average Bonchev–Trinajstić information content (AvgIpc) is 2.91. The van der Waals surface area contributed by atoms with E-state index in [0.717, 1.165) is 50.2 Å². The Morgan fingerprint density at radius 1 is 0.917 bits per heavy atom. The molecule has 1 fully saturated rings. The summed E-state index contributed by atoms with van der Waals surface area (Å²) in [6.07, 6.45) is 4.02. The quantitative estimate of drug-likeness (QED) is 0.366. The molecule has 1 aliphatic rings. The minimum Gasteiger partial charge on any atom is -0.494 e.